The number of hydrogen-bond donors (Lipinski definition) is 1. The summed E-state index contributed by atoms with van der Waals surface area (Å²) >= 11 is 0. The first kappa shape index (κ1) is 16.5. The molecular weight excluding hydrogens is 316 g/mol. The van der Waals surface area contributed by atoms with Crippen molar-refractivity contribution >= 4 is 17.5 Å². The molecule has 6 heteroatoms. The van der Waals surface area contributed by atoms with Gasteiger partial charge in [0.1, 0.15) is 0 Å². The molecule has 3 aliphatic heterocycles. The number of imide groups is 1. The number of nitrogens with zero attached hydrogens (tertiary/aromatic N) is 3. The van der Waals surface area contributed by atoms with Crippen molar-refractivity contribution in [1.82, 2.24) is 15.1 Å². The highest BCUT2D eigenvalue weighted by Crippen LogP contribution is 2.31. The number of rotatable bonds is 3. The lowest BCUT2D eigenvalue weighted by atomic mass is 9.89. The van der Waals surface area contributed by atoms with Gasteiger partial charge in [0.2, 0.25) is 11.8 Å². The summed E-state index contributed by atoms with van der Waals surface area (Å²) < 4.78 is 0. The van der Waals surface area contributed by atoms with Gasteiger partial charge in [-0.1, -0.05) is 12.1 Å². The van der Waals surface area contributed by atoms with E-state index in [1.807, 2.05) is 0 Å². The number of likely N-dealkylation sites (N-methyl/N-ethyl adjacent to an activating group) is 1. The molecule has 25 heavy (non-hydrogen) atoms. The van der Waals surface area contributed by atoms with Gasteiger partial charge in [-0.15, -0.1) is 0 Å². The number of benzene rings is 1. The predicted molar refractivity (Wildman–Crippen MR) is 96.6 cm³/mol. The van der Waals surface area contributed by atoms with Crippen LogP contribution in [0.2, 0.25) is 0 Å². The van der Waals surface area contributed by atoms with Gasteiger partial charge in [-0.2, -0.15) is 0 Å². The summed E-state index contributed by atoms with van der Waals surface area (Å²) in [6.07, 6.45) is 1.07. The number of amides is 2. The first-order valence-corrected chi connectivity index (χ1v) is 9.23. The van der Waals surface area contributed by atoms with E-state index in [2.05, 4.69) is 39.4 Å². The number of piperidine rings is 1. The van der Waals surface area contributed by atoms with Crippen molar-refractivity contribution in [3.63, 3.8) is 0 Å². The minimum atomic E-state index is -0.179. The highest BCUT2D eigenvalue weighted by atomic mass is 16.2. The van der Waals surface area contributed by atoms with Gasteiger partial charge in [0, 0.05) is 64.5 Å². The van der Waals surface area contributed by atoms with Crippen molar-refractivity contribution in [3.05, 3.63) is 29.8 Å². The number of carbonyl (C=O) groups is 2. The van der Waals surface area contributed by atoms with E-state index in [9.17, 15) is 9.59 Å². The maximum absolute atomic E-state index is 12.3. The molecule has 0 aliphatic carbocycles. The zero-order valence-electron chi connectivity index (χ0n) is 14.8. The molecule has 2 amide bonds. The minimum Gasteiger partial charge on any atom is -0.368 e. The van der Waals surface area contributed by atoms with E-state index >= 15 is 0 Å². The smallest absolute Gasteiger partial charge is 0.236 e. The monoisotopic (exact) mass is 342 g/mol. The zero-order chi connectivity index (χ0) is 17.4. The van der Waals surface area contributed by atoms with Gasteiger partial charge in [0.25, 0.3) is 0 Å². The molecule has 1 aromatic rings. The second-order valence-electron chi connectivity index (χ2n) is 7.32. The van der Waals surface area contributed by atoms with Crippen LogP contribution in [-0.4, -0.2) is 74.0 Å². The molecule has 3 fully saturated rings. The summed E-state index contributed by atoms with van der Waals surface area (Å²) in [6, 6.07) is 9.01. The van der Waals surface area contributed by atoms with E-state index in [1.165, 1.54) is 10.6 Å². The fourth-order valence-corrected chi connectivity index (χ4v) is 4.09. The molecule has 0 bridgehead atoms. The Kier molecular flexibility index (Phi) is 4.48. The molecule has 3 aliphatic rings. The quantitative estimate of drug-likeness (QED) is 0.817. The van der Waals surface area contributed by atoms with Gasteiger partial charge in [0.15, 0.2) is 0 Å². The van der Waals surface area contributed by atoms with Crippen molar-refractivity contribution in [2.75, 3.05) is 51.2 Å². The Bertz CT molecular complexity index is 648. The van der Waals surface area contributed by atoms with E-state index in [0.717, 1.165) is 44.8 Å². The molecule has 0 saturated carbocycles. The van der Waals surface area contributed by atoms with Crippen LogP contribution < -0.4 is 10.2 Å². The maximum Gasteiger partial charge on any atom is 0.236 e. The van der Waals surface area contributed by atoms with E-state index < -0.39 is 0 Å². The summed E-state index contributed by atoms with van der Waals surface area (Å²) in [7, 11) is 1.58. The number of carbonyl (C=O) groups excluding carboxylic acids is 2. The lowest BCUT2D eigenvalue weighted by Crippen LogP contribution is -2.62. The molecule has 0 radical (unpaired) electrons. The van der Waals surface area contributed by atoms with Gasteiger partial charge in [-0.05, 0) is 24.1 Å². The Hall–Kier alpha value is -1.92. The van der Waals surface area contributed by atoms with Crippen LogP contribution in [-0.2, 0) is 9.59 Å². The molecule has 4 rings (SSSR count). The summed E-state index contributed by atoms with van der Waals surface area (Å²) in [4.78, 5) is 30.2. The first-order valence-electron chi connectivity index (χ1n) is 9.23. The van der Waals surface area contributed by atoms with E-state index in [-0.39, 0.29) is 17.7 Å². The van der Waals surface area contributed by atoms with Crippen LogP contribution >= 0.6 is 0 Å². The third kappa shape index (κ3) is 3.16. The van der Waals surface area contributed by atoms with Crippen LogP contribution in [0, 0.1) is 0 Å². The number of likely N-dealkylation sites (tertiary alicyclic amines) is 1. The molecule has 0 aromatic heterocycles. The van der Waals surface area contributed by atoms with E-state index in [1.54, 1.807) is 7.05 Å². The van der Waals surface area contributed by atoms with Crippen molar-refractivity contribution in [3.8, 4) is 0 Å². The van der Waals surface area contributed by atoms with Crippen LogP contribution in [0.25, 0.3) is 0 Å². The third-order valence-electron chi connectivity index (χ3n) is 5.84. The summed E-state index contributed by atoms with van der Waals surface area (Å²) in [5.74, 6) is -0.328. The van der Waals surface area contributed by atoms with Crippen molar-refractivity contribution in [2.45, 2.75) is 24.8 Å². The Morgan fingerprint density at radius 2 is 1.72 bits per heavy atom. The Morgan fingerprint density at radius 1 is 1.04 bits per heavy atom. The van der Waals surface area contributed by atoms with Crippen molar-refractivity contribution < 1.29 is 9.59 Å². The lowest BCUT2D eigenvalue weighted by molar-refractivity contribution is -0.147. The Morgan fingerprint density at radius 3 is 2.40 bits per heavy atom. The molecule has 3 saturated heterocycles. The van der Waals surface area contributed by atoms with Crippen LogP contribution in [0.15, 0.2) is 24.3 Å². The number of hydrogen-bond acceptors (Lipinski definition) is 5. The van der Waals surface area contributed by atoms with E-state index in [4.69, 9.17) is 0 Å². The molecule has 1 atom stereocenters. The summed E-state index contributed by atoms with van der Waals surface area (Å²) in [5.41, 5.74) is 2.25. The Labute approximate surface area is 148 Å². The van der Waals surface area contributed by atoms with Gasteiger partial charge >= 0.3 is 0 Å². The third-order valence-corrected chi connectivity index (χ3v) is 5.84. The zero-order valence-corrected chi connectivity index (χ0v) is 14.8. The SMILES string of the molecule is CN1C(=O)CCC(c2ccc(N3CC(N4CCNCC4)C3)cc2)C1=O. The highest BCUT2D eigenvalue weighted by Gasteiger charge is 2.34. The number of anilines is 1. The molecule has 6 nitrogen and oxygen atoms in total. The topological polar surface area (TPSA) is 55.9 Å². The van der Waals surface area contributed by atoms with Gasteiger partial charge in [-0.3, -0.25) is 19.4 Å². The van der Waals surface area contributed by atoms with E-state index in [0.29, 0.717) is 18.9 Å². The number of nitrogens with one attached hydrogen (secondary N) is 1. The van der Waals surface area contributed by atoms with Crippen LogP contribution in [0.1, 0.15) is 24.3 Å². The molecule has 1 unspecified atom stereocenters. The predicted octanol–water partition coefficient (Wildman–Crippen LogP) is 0.643. The molecule has 3 heterocycles. The fraction of sp³-hybridized carbons (Fsp3) is 0.579. The van der Waals surface area contributed by atoms with Gasteiger partial charge < -0.3 is 10.2 Å². The van der Waals surface area contributed by atoms with Crippen LogP contribution in [0.4, 0.5) is 5.69 Å². The molecule has 1 N–H and O–H groups in total. The lowest BCUT2D eigenvalue weighted by Gasteiger charge is -2.48. The first-order chi connectivity index (χ1) is 12.1. The maximum atomic E-state index is 12.3. The van der Waals surface area contributed by atoms with Crippen LogP contribution in [0.5, 0.6) is 0 Å². The average Bonchev–Trinajstić information content (AvgIpc) is 2.60. The minimum absolute atomic E-state index is 0.0718. The average molecular weight is 342 g/mol. The molecule has 0 spiro atoms. The normalized spacial score (nSPS) is 26.0. The van der Waals surface area contributed by atoms with Crippen molar-refractivity contribution in [2.24, 2.45) is 0 Å². The highest BCUT2D eigenvalue weighted by molar-refractivity contribution is 6.00. The molecule has 1 aromatic carbocycles. The second-order valence-corrected chi connectivity index (χ2v) is 7.32. The van der Waals surface area contributed by atoms with Crippen molar-refractivity contribution in [1.29, 1.82) is 0 Å². The largest absolute Gasteiger partial charge is 0.368 e. The molecule has 134 valence electrons. The van der Waals surface area contributed by atoms with Crippen LogP contribution in [0.3, 0.4) is 0 Å². The standard InChI is InChI=1S/C19H26N4O2/c1-21-18(24)7-6-17(19(21)25)14-2-4-15(5-3-14)23-12-16(13-23)22-10-8-20-9-11-22/h2-5,16-17,20H,6-13H2,1H3. The fourth-order valence-electron chi connectivity index (χ4n) is 4.09. The Balaban J connectivity index is 1.36. The summed E-state index contributed by atoms with van der Waals surface area (Å²) in [5, 5.41) is 3.40. The molecular formula is C19H26N4O2. The van der Waals surface area contributed by atoms with Gasteiger partial charge in [-0.25, -0.2) is 0 Å². The van der Waals surface area contributed by atoms with Gasteiger partial charge in [0.05, 0.1) is 5.92 Å². The number of piperazine rings is 1. The second kappa shape index (κ2) is 6.77. The summed E-state index contributed by atoms with van der Waals surface area (Å²) in [6.45, 7) is 6.65.